The third kappa shape index (κ3) is 15.0. The SMILES string of the molecule is CCCCCCCCC(O)C(O)CCCCCCCCNC(=O)c1ccc(C(=O)O)c(NS(C)(=O)=O)c1. The second-order valence-electron chi connectivity index (χ2n) is 9.80. The quantitative estimate of drug-likeness (QED) is 0.141. The summed E-state index contributed by atoms with van der Waals surface area (Å²) in [6.45, 7) is 2.65. The number of hydrogen-bond donors (Lipinski definition) is 5. The Kier molecular flexibility index (Phi) is 16.1. The van der Waals surface area contributed by atoms with E-state index in [1.54, 1.807) is 0 Å². The normalized spacial score (nSPS) is 13.2. The highest BCUT2D eigenvalue weighted by Gasteiger charge is 2.17. The van der Waals surface area contributed by atoms with Crippen molar-refractivity contribution in [2.75, 3.05) is 17.5 Å². The number of aliphatic hydroxyl groups excluding tert-OH is 2. The number of unbranched alkanes of at least 4 members (excludes halogenated alkanes) is 10. The van der Waals surface area contributed by atoms with Gasteiger partial charge in [0.1, 0.15) is 0 Å². The molecule has 0 aliphatic rings. The third-order valence-corrected chi connectivity index (χ3v) is 6.91. The van der Waals surface area contributed by atoms with Crippen LogP contribution in [-0.4, -0.2) is 60.6 Å². The van der Waals surface area contributed by atoms with E-state index in [0.29, 0.717) is 19.4 Å². The van der Waals surface area contributed by atoms with Crippen molar-refractivity contribution in [2.45, 2.75) is 109 Å². The van der Waals surface area contributed by atoms with E-state index in [2.05, 4.69) is 17.0 Å². The Morgan fingerprint density at radius 2 is 1.35 bits per heavy atom. The summed E-state index contributed by atoms with van der Waals surface area (Å²) in [5.74, 6) is -1.70. The number of amides is 1. The molecule has 1 rings (SSSR count). The van der Waals surface area contributed by atoms with E-state index in [4.69, 9.17) is 0 Å². The number of aromatic carboxylic acids is 1. The average molecular weight is 543 g/mol. The topological polar surface area (TPSA) is 153 Å². The van der Waals surface area contributed by atoms with E-state index >= 15 is 0 Å². The number of carbonyl (C=O) groups is 2. The van der Waals surface area contributed by atoms with Crippen molar-refractivity contribution in [2.24, 2.45) is 0 Å². The molecule has 0 radical (unpaired) electrons. The zero-order chi connectivity index (χ0) is 27.7. The molecule has 37 heavy (non-hydrogen) atoms. The highest BCUT2D eigenvalue weighted by molar-refractivity contribution is 7.92. The molecular weight excluding hydrogens is 496 g/mol. The molecule has 1 amide bonds. The maximum atomic E-state index is 12.4. The van der Waals surface area contributed by atoms with Crippen LogP contribution in [0.1, 0.15) is 118 Å². The minimum atomic E-state index is -3.70. The van der Waals surface area contributed by atoms with Crippen molar-refractivity contribution < 1.29 is 33.3 Å². The minimum Gasteiger partial charge on any atom is -0.478 e. The standard InChI is InChI=1S/C27H46N2O7S/c1-3-4-5-6-9-12-15-24(30)25(31)16-13-10-7-8-11-14-19-28-26(32)21-17-18-22(27(33)34)23(20-21)29-37(2,35)36/h17-18,20,24-25,29-31H,3-16,19H2,1-2H3,(H,28,32)(H,33,34). The number of carboxylic acids is 1. The van der Waals surface area contributed by atoms with Crippen LogP contribution in [0.5, 0.6) is 0 Å². The average Bonchev–Trinajstić information content (AvgIpc) is 2.83. The number of carboxylic acid groups (broad SMARTS) is 1. The summed E-state index contributed by atoms with van der Waals surface area (Å²) in [7, 11) is -3.70. The maximum Gasteiger partial charge on any atom is 0.337 e. The van der Waals surface area contributed by atoms with Crippen molar-refractivity contribution in [1.29, 1.82) is 0 Å². The lowest BCUT2D eigenvalue weighted by atomic mass is 9.99. The fourth-order valence-corrected chi connectivity index (χ4v) is 4.73. The van der Waals surface area contributed by atoms with Crippen LogP contribution in [0.3, 0.4) is 0 Å². The molecular formula is C27H46N2O7S. The second kappa shape index (κ2) is 18.1. The number of hydrogen-bond acceptors (Lipinski definition) is 6. The first-order valence-electron chi connectivity index (χ1n) is 13.5. The van der Waals surface area contributed by atoms with Gasteiger partial charge in [-0.2, -0.15) is 0 Å². The number of carbonyl (C=O) groups excluding carboxylic acids is 1. The maximum absolute atomic E-state index is 12.4. The molecule has 0 aromatic heterocycles. The van der Waals surface area contributed by atoms with Crippen LogP contribution in [0, 0.1) is 0 Å². The Balaban J connectivity index is 2.19. The number of benzene rings is 1. The Labute approximate surface area is 222 Å². The van der Waals surface area contributed by atoms with Crippen molar-refractivity contribution in [3.05, 3.63) is 29.3 Å². The number of nitrogens with one attached hydrogen (secondary N) is 2. The monoisotopic (exact) mass is 542 g/mol. The Morgan fingerprint density at radius 1 is 0.838 bits per heavy atom. The first-order chi connectivity index (χ1) is 17.5. The zero-order valence-electron chi connectivity index (χ0n) is 22.4. The van der Waals surface area contributed by atoms with E-state index in [1.165, 1.54) is 43.9 Å². The van der Waals surface area contributed by atoms with Crippen LogP contribution >= 0.6 is 0 Å². The highest BCUT2D eigenvalue weighted by Crippen LogP contribution is 2.20. The molecule has 0 aliphatic heterocycles. The van der Waals surface area contributed by atoms with Gasteiger partial charge >= 0.3 is 5.97 Å². The molecule has 9 nitrogen and oxygen atoms in total. The van der Waals surface area contributed by atoms with E-state index in [-0.39, 0.29) is 16.8 Å². The van der Waals surface area contributed by atoms with Gasteiger partial charge in [-0.25, -0.2) is 13.2 Å². The van der Waals surface area contributed by atoms with Gasteiger partial charge in [-0.3, -0.25) is 9.52 Å². The minimum absolute atomic E-state index is 0.150. The number of aliphatic hydroxyl groups is 2. The van der Waals surface area contributed by atoms with Gasteiger partial charge in [-0.1, -0.05) is 77.6 Å². The van der Waals surface area contributed by atoms with Gasteiger partial charge in [-0.15, -0.1) is 0 Å². The smallest absolute Gasteiger partial charge is 0.337 e. The molecule has 2 atom stereocenters. The number of anilines is 1. The van der Waals surface area contributed by atoms with E-state index in [9.17, 15) is 33.3 Å². The molecule has 1 aromatic carbocycles. The van der Waals surface area contributed by atoms with Gasteiger partial charge in [0.2, 0.25) is 10.0 Å². The van der Waals surface area contributed by atoms with Crippen LogP contribution < -0.4 is 10.0 Å². The van der Waals surface area contributed by atoms with Crippen molar-refractivity contribution >= 4 is 27.6 Å². The predicted octanol–water partition coefficient (Wildman–Crippen LogP) is 4.69. The molecule has 5 N–H and O–H groups in total. The summed E-state index contributed by atoms with van der Waals surface area (Å²) < 4.78 is 25.1. The van der Waals surface area contributed by atoms with Gasteiger partial charge in [0.15, 0.2) is 0 Å². The Hall–Kier alpha value is -2.17. The van der Waals surface area contributed by atoms with Crippen LogP contribution in [0.25, 0.3) is 0 Å². The van der Waals surface area contributed by atoms with Gasteiger partial charge in [-0.05, 0) is 37.5 Å². The fourth-order valence-electron chi connectivity index (χ4n) is 4.16. The summed E-state index contributed by atoms with van der Waals surface area (Å²) in [4.78, 5) is 23.7. The van der Waals surface area contributed by atoms with Gasteiger partial charge in [0.05, 0.1) is 29.7 Å². The van der Waals surface area contributed by atoms with Crippen molar-refractivity contribution in [3.8, 4) is 0 Å². The molecule has 0 spiro atoms. The second-order valence-corrected chi connectivity index (χ2v) is 11.5. The predicted molar refractivity (Wildman–Crippen MR) is 147 cm³/mol. The van der Waals surface area contributed by atoms with Crippen LogP contribution in [-0.2, 0) is 10.0 Å². The Morgan fingerprint density at radius 3 is 1.86 bits per heavy atom. The number of sulfonamides is 1. The number of rotatable bonds is 21. The van der Waals surface area contributed by atoms with E-state index < -0.39 is 34.1 Å². The summed E-state index contributed by atoms with van der Waals surface area (Å²) in [5, 5.41) is 32.2. The molecule has 0 saturated heterocycles. The lowest BCUT2D eigenvalue weighted by Crippen LogP contribution is -2.25. The third-order valence-electron chi connectivity index (χ3n) is 6.32. The summed E-state index contributed by atoms with van der Waals surface area (Å²) in [6.07, 6.45) is 13.5. The fraction of sp³-hybridized carbons (Fsp3) is 0.704. The van der Waals surface area contributed by atoms with Crippen LogP contribution in [0.2, 0.25) is 0 Å². The van der Waals surface area contributed by atoms with Crippen molar-refractivity contribution in [3.63, 3.8) is 0 Å². The van der Waals surface area contributed by atoms with E-state index in [1.807, 2.05) is 0 Å². The van der Waals surface area contributed by atoms with Gasteiger partial charge in [0.25, 0.3) is 5.91 Å². The summed E-state index contributed by atoms with van der Waals surface area (Å²) in [6, 6.07) is 3.78. The van der Waals surface area contributed by atoms with Crippen LogP contribution in [0.15, 0.2) is 18.2 Å². The molecule has 10 heteroatoms. The van der Waals surface area contributed by atoms with Crippen molar-refractivity contribution in [1.82, 2.24) is 5.32 Å². The molecule has 1 aromatic rings. The first kappa shape index (κ1) is 32.9. The first-order valence-corrected chi connectivity index (χ1v) is 15.4. The molecule has 0 aliphatic carbocycles. The largest absolute Gasteiger partial charge is 0.478 e. The molecule has 0 heterocycles. The summed E-state index contributed by atoms with van der Waals surface area (Å²) >= 11 is 0. The van der Waals surface area contributed by atoms with Gasteiger partial charge < -0.3 is 20.6 Å². The molecule has 0 bridgehead atoms. The lowest BCUT2D eigenvalue weighted by molar-refractivity contribution is 0.00712. The zero-order valence-corrected chi connectivity index (χ0v) is 23.2. The molecule has 0 saturated carbocycles. The Bertz CT molecular complexity index is 921. The van der Waals surface area contributed by atoms with Gasteiger partial charge in [0, 0.05) is 12.1 Å². The lowest BCUT2D eigenvalue weighted by Gasteiger charge is -2.17. The molecule has 212 valence electrons. The van der Waals surface area contributed by atoms with E-state index in [0.717, 1.165) is 57.6 Å². The molecule has 0 fully saturated rings. The highest BCUT2D eigenvalue weighted by atomic mass is 32.2. The van der Waals surface area contributed by atoms with Crippen LogP contribution in [0.4, 0.5) is 5.69 Å². The molecule has 2 unspecified atom stereocenters. The summed E-state index contributed by atoms with van der Waals surface area (Å²) in [5.41, 5.74) is -0.210.